The Morgan fingerprint density at radius 3 is 1.03 bits per heavy atom. The van der Waals surface area contributed by atoms with Crippen molar-refractivity contribution in [2.24, 2.45) is 0 Å². The Hall–Kier alpha value is -1.93. The van der Waals surface area contributed by atoms with E-state index in [1.807, 2.05) is 0 Å². The highest BCUT2D eigenvalue weighted by atomic mass is 16.7. The van der Waals surface area contributed by atoms with Crippen LogP contribution in [-0.2, 0) is 14.3 Å². The van der Waals surface area contributed by atoms with Crippen LogP contribution in [0.15, 0.2) is 48.6 Å². The first-order valence-corrected chi connectivity index (χ1v) is 40.0. The average Bonchev–Trinajstić information content (AvgIpc) is 0.997. The third kappa shape index (κ3) is 55.1. The van der Waals surface area contributed by atoms with Gasteiger partial charge in [-0.05, 0) is 83.5 Å². The van der Waals surface area contributed by atoms with Gasteiger partial charge in [0.15, 0.2) is 6.29 Å². The van der Waals surface area contributed by atoms with Gasteiger partial charge in [0.05, 0.1) is 25.4 Å². The van der Waals surface area contributed by atoms with Crippen LogP contribution in [0.1, 0.15) is 393 Å². The lowest BCUT2D eigenvalue weighted by Crippen LogP contribution is -2.60. The van der Waals surface area contributed by atoms with Gasteiger partial charge in [0.1, 0.15) is 36.6 Å². The van der Waals surface area contributed by atoms with Gasteiger partial charge < -0.3 is 50.5 Å². The zero-order valence-electron chi connectivity index (χ0n) is 60.3. The van der Waals surface area contributed by atoms with E-state index in [9.17, 15) is 40.5 Å². The number of allylic oxidation sites excluding steroid dienone is 8. The van der Waals surface area contributed by atoms with E-state index in [2.05, 4.69) is 67.8 Å². The van der Waals surface area contributed by atoms with Crippen LogP contribution in [0.4, 0.5) is 0 Å². The molecule has 0 aromatic carbocycles. The lowest BCUT2D eigenvalue weighted by molar-refractivity contribution is -0.303. The molecule has 0 saturated carbocycles. The minimum absolute atomic E-state index is 0.247. The Labute approximate surface area is 568 Å². The molecule has 9 unspecified atom stereocenters. The van der Waals surface area contributed by atoms with Crippen LogP contribution < -0.4 is 5.32 Å². The number of aliphatic hydroxyl groups is 7. The van der Waals surface area contributed by atoms with E-state index >= 15 is 0 Å². The number of unbranched alkanes of at least 4 members (excludes halogenated alkanes) is 51. The van der Waals surface area contributed by atoms with Crippen molar-refractivity contribution in [1.82, 2.24) is 5.32 Å². The van der Waals surface area contributed by atoms with Crippen LogP contribution in [0.3, 0.4) is 0 Å². The summed E-state index contributed by atoms with van der Waals surface area (Å²) in [6.07, 6.45) is 80.9. The molecule has 0 bridgehead atoms. The molecule has 1 rings (SSSR count). The lowest BCUT2D eigenvalue weighted by atomic mass is 9.98. The quantitative estimate of drug-likeness (QED) is 0.0215. The van der Waals surface area contributed by atoms with Crippen molar-refractivity contribution in [3.8, 4) is 0 Å². The fraction of sp³-hybridized carbons (Fsp3) is 0.889. The standard InChI is InChI=1S/C81H153NO10/c1-3-5-7-9-11-13-15-17-19-21-23-25-27-29-31-32-33-34-35-36-37-38-39-40-41-43-45-47-49-51-53-55-57-59-61-63-65-67-69-74(85)80(90)82-72(71-91-81-79(89)78(88)77(87)75(70-83)92-81)76(86)73(84)68-66-64-62-60-58-56-54-52-50-48-46-44-42-30-28-26-24-22-20-18-16-14-12-10-8-6-4-2/h33-34,36-37,52,54,60,62,72-79,81,83-89H,3-32,35,38-51,53,55-59,61,63-71H2,1-2H3,(H,82,90)/b34-33-,37-36-,54-52+,62-60+. The first kappa shape index (κ1) is 88.1. The maximum Gasteiger partial charge on any atom is 0.249 e. The molecule has 0 radical (unpaired) electrons. The molecule has 1 heterocycles. The monoisotopic (exact) mass is 1300 g/mol. The van der Waals surface area contributed by atoms with E-state index in [4.69, 9.17) is 9.47 Å². The summed E-state index contributed by atoms with van der Waals surface area (Å²) in [5.41, 5.74) is 0. The van der Waals surface area contributed by atoms with Gasteiger partial charge >= 0.3 is 0 Å². The lowest BCUT2D eigenvalue weighted by Gasteiger charge is -2.40. The molecular formula is C81H153NO10. The van der Waals surface area contributed by atoms with Gasteiger partial charge in [0, 0.05) is 0 Å². The Morgan fingerprint density at radius 2 is 0.685 bits per heavy atom. The molecule has 9 atom stereocenters. The Morgan fingerprint density at radius 1 is 0.380 bits per heavy atom. The fourth-order valence-electron chi connectivity index (χ4n) is 13.0. The van der Waals surface area contributed by atoms with E-state index in [1.54, 1.807) is 0 Å². The molecule has 0 aromatic rings. The van der Waals surface area contributed by atoms with Gasteiger partial charge in [-0.15, -0.1) is 0 Å². The molecule has 1 aliphatic heterocycles. The van der Waals surface area contributed by atoms with Gasteiger partial charge in [0.2, 0.25) is 5.91 Å². The van der Waals surface area contributed by atoms with Crippen molar-refractivity contribution in [3.63, 3.8) is 0 Å². The predicted molar refractivity (Wildman–Crippen MR) is 390 cm³/mol. The fourth-order valence-corrected chi connectivity index (χ4v) is 13.0. The van der Waals surface area contributed by atoms with E-state index < -0.39 is 74.2 Å². The molecule has 92 heavy (non-hydrogen) atoms. The molecule has 542 valence electrons. The minimum Gasteiger partial charge on any atom is -0.394 e. The molecule has 0 spiro atoms. The van der Waals surface area contributed by atoms with Crippen LogP contribution in [0.5, 0.6) is 0 Å². The highest BCUT2D eigenvalue weighted by molar-refractivity contribution is 5.80. The zero-order chi connectivity index (χ0) is 66.7. The van der Waals surface area contributed by atoms with Crippen molar-refractivity contribution >= 4 is 5.91 Å². The predicted octanol–water partition coefficient (Wildman–Crippen LogP) is 20.7. The highest BCUT2D eigenvalue weighted by Gasteiger charge is 2.44. The molecule has 0 aromatic heterocycles. The third-order valence-corrected chi connectivity index (χ3v) is 19.3. The molecular weight excluding hydrogens is 1150 g/mol. The maximum atomic E-state index is 13.3. The number of ether oxygens (including phenoxy) is 2. The number of rotatable bonds is 71. The summed E-state index contributed by atoms with van der Waals surface area (Å²) >= 11 is 0. The topological polar surface area (TPSA) is 189 Å². The molecule has 1 amide bonds. The van der Waals surface area contributed by atoms with Gasteiger partial charge in [-0.25, -0.2) is 0 Å². The number of hydrogen-bond donors (Lipinski definition) is 8. The Kier molecular flexibility index (Phi) is 66.1. The second-order valence-electron chi connectivity index (χ2n) is 28.1. The summed E-state index contributed by atoms with van der Waals surface area (Å²) in [6.45, 7) is 3.50. The van der Waals surface area contributed by atoms with Crippen molar-refractivity contribution in [2.75, 3.05) is 13.2 Å². The number of carbonyl (C=O) groups excluding carboxylic acids is 1. The van der Waals surface area contributed by atoms with Crippen molar-refractivity contribution in [2.45, 2.75) is 448 Å². The first-order chi connectivity index (χ1) is 45.2. The molecule has 1 fully saturated rings. The highest BCUT2D eigenvalue weighted by Crippen LogP contribution is 2.24. The second kappa shape index (κ2) is 69.0. The molecule has 11 nitrogen and oxygen atoms in total. The van der Waals surface area contributed by atoms with E-state index in [0.29, 0.717) is 19.3 Å². The number of nitrogens with one attached hydrogen (secondary N) is 1. The van der Waals surface area contributed by atoms with Gasteiger partial charge in [-0.3, -0.25) is 4.79 Å². The van der Waals surface area contributed by atoms with E-state index in [0.717, 1.165) is 44.9 Å². The van der Waals surface area contributed by atoms with Gasteiger partial charge in [-0.1, -0.05) is 358 Å². The van der Waals surface area contributed by atoms with Crippen LogP contribution >= 0.6 is 0 Å². The molecule has 8 N–H and O–H groups in total. The van der Waals surface area contributed by atoms with Crippen molar-refractivity contribution < 1.29 is 50.0 Å². The molecule has 1 aliphatic rings. The molecule has 1 saturated heterocycles. The smallest absolute Gasteiger partial charge is 0.249 e. The Balaban J connectivity index is 2.15. The molecule has 0 aliphatic carbocycles. The number of aliphatic hydroxyl groups excluding tert-OH is 7. The van der Waals surface area contributed by atoms with Crippen LogP contribution in [0.25, 0.3) is 0 Å². The van der Waals surface area contributed by atoms with Gasteiger partial charge in [-0.2, -0.15) is 0 Å². The van der Waals surface area contributed by atoms with Crippen LogP contribution in [0, 0.1) is 0 Å². The normalized spacial score (nSPS) is 18.6. The minimum atomic E-state index is -1.67. The average molecular weight is 1300 g/mol. The van der Waals surface area contributed by atoms with Crippen LogP contribution in [-0.4, -0.2) is 110 Å². The summed E-state index contributed by atoms with van der Waals surface area (Å²) < 4.78 is 11.2. The SMILES string of the molecule is CCCCCCCCCCCCCCCCC/C=C\C/C=C\CCCCCCCCCCCCCCCCCCC(O)C(=O)NC(COC1OC(CO)C(O)C(O)C1O)C(O)C(O)CCC/C=C/CC/C=C/CCCCCCCCCCCCCCCCCCCC. The third-order valence-electron chi connectivity index (χ3n) is 19.3. The summed E-state index contributed by atoms with van der Waals surface area (Å²) in [5.74, 6) is -0.705. The van der Waals surface area contributed by atoms with E-state index in [1.165, 1.54) is 302 Å². The summed E-state index contributed by atoms with van der Waals surface area (Å²) in [4.78, 5) is 13.3. The summed E-state index contributed by atoms with van der Waals surface area (Å²) in [5, 5.41) is 76.6. The Bertz CT molecular complexity index is 1640. The second-order valence-corrected chi connectivity index (χ2v) is 28.1. The first-order valence-electron chi connectivity index (χ1n) is 40.0. The van der Waals surface area contributed by atoms with Crippen LogP contribution in [0.2, 0.25) is 0 Å². The number of hydrogen-bond acceptors (Lipinski definition) is 10. The summed E-state index contributed by atoms with van der Waals surface area (Å²) in [7, 11) is 0. The van der Waals surface area contributed by atoms with E-state index in [-0.39, 0.29) is 12.8 Å². The molecule has 11 heteroatoms. The number of amides is 1. The summed E-state index contributed by atoms with van der Waals surface area (Å²) in [6, 6.07) is -1.19. The largest absolute Gasteiger partial charge is 0.394 e. The zero-order valence-corrected chi connectivity index (χ0v) is 60.3. The van der Waals surface area contributed by atoms with Gasteiger partial charge in [0.25, 0.3) is 0 Å². The maximum absolute atomic E-state index is 13.3. The van der Waals surface area contributed by atoms with Crippen molar-refractivity contribution in [1.29, 1.82) is 0 Å². The van der Waals surface area contributed by atoms with Crippen molar-refractivity contribution in [3.05, 3.63) is 48.6 Å². The number of carbonyl (C=O) groups is 1.